The molecule has 2 heterocycles. The Morgan fingerprint density at radius 2 is 2.21 bits per heavy atom. The molecule has 6 heteroatoms. The molecule has 19 heavy (non-hydrogen) atoms. The van der Waals surface area contributed by atoms with Gasteiger partial charge in [0.15, 0.2) is 5.82 Å². The summed E-state index contributed by atoms with van der Waals surface area (Å²) in [6.45, 7) is -0.157. The van der Waals surface area contributed by atoms with E-state index >= 15 is 0 Å². The summed E-state index contributed by atoms with van der Waals surface area (Å²) in [5.74, 6) is 0.427. The van der Waals surface area contributed by atoms with Crippen LogP contribution in [-0.2, 0) is 6.61 Å². The van der Waals surface area contributed by atoms with Gasteiger partial charge in [-0.3, -0.25) is 14.5 Å². The van der Waals surface area contributed by atoms with Crippen LogP contribution in [0.3, 0.4) is 0 Å². The van der Waals surface area contributed by atoms with Crippen molar-refractivity contribution in [2.75, 3.05) is 0 Å². The molecule has 1 aromatic carbocycles. The number of aliphatic hydroxyl groups excluding tert-OH is 1. The van der Waals surface area contributed by atoms with Crippen LogP contribution in [-0.4, -0.2) is 19.9 Å². The lowest BCUT2D eigenvalue weighted by Gasteiger charge is -2.04. The predicted molar refractivity (Wildman–Crippen MR) is 72.6 cm³/mol. The molecule has 0 aliphatic rings. The summed E-state index contributed by atoms with van der Waals surface area (Å²) in [6.07, 6.45) is 1.64. The lowest BCUT2D eigenvalue weighted by Crippen LogP contribution is -2.18. The number of nitrogens with zero attached hydrogens (tertiary/aromatic N) is 2. The maximum absolute atomic E-state index is 12.4. The number of fused-ring (bicyclic) bond motifs is 1. The highest BCUT2D eigenvalue weighted by atomic mass is 35.5. The lowest BCUT2D eigenvalue weighted by atomic mass is 10.2. The van der Waals surface area contributed by atoms with E-state index < -0.39 is 0 Å². The number of nitrogens with one attached hydrogen (secondary N) is 1. The van der Waals surface area contributed by atoms with Crippen LogP contribution in [0.25, 0.3) is 16.6 Å². The van der Waals surface area contributed by atoms with Crippen LogP contribution >= 0.6 is 11.6 Å². The van der Waals surface area contributed by atoms with Gasteiger partial charge in [0, 0.05) is 12.3 Å². The summed E-state index contributed by atoms with van der Waals surface area (Å²) < 4.78 is 1.39. The molecule has 5 nitrogen and oxygen atoms in total. The Labute approximate surface area is 113 Å². The summed E-state index contributed by atoms with van der Waals surface area (Å²) >= 11 is 6.07. The van der Waals surface area contributed by atoms with Crippen molar-refractivity contribution in [3.63, 3.8) is 0 Å². The van der Waals surface area contributed by atoms with Crippen molar-refractivity contribution in [1.29, 1.82) is 0 Å². The third-order valence-corrected chi connectivity index (χ3v) is 3.23. The summed E-state index contributed by atoms with van der Waals surface area (Å²) in [5.41, 5.74) is 0.306. The number of aromatic nitrogens is 3. The van der Waals surface area contributed by atoms with Gasteiger partial charge >= 0.3 is 0 Å². The fourth-order valence-electron chi connectivity index (χ4n) is 1.98. The van der Waals surface area contributed by atoms with Gasteiger partial charge in [-0.05, 0) is 17.5 Å². The molecular formula is C13H10ClN3O2. The molecule has 96 valence electrons. The molecule has 3 rings (SSSR count). The number of aliphatic hydroxyl groups is 1. The molecule has 0 aliphatic heterocycles. The zero-order valence-electron chi connectivity index (χ0n) is 9.80. The smallest absolute Gasteiger partial charge is 0.265 e. The molecule has 0 saturated carbocycles. The first-order valence-corrected chi connectivity index (χ1v) is 6.04. The molecule has 3 aromatic rings. The first-order valence-electron chi connectivity index (χ1n) is 5.66. The number of hydrogen-bond donors (Lipinski definition) is 2. The third kappa shape index (κ3) is 1.93. The summed E-state index contributed by atoms with van der Waals surface area (Å²) in [4.78, 5) is 12.4. The van der Waals surface area contributed by atoms with Gasteiger partial charge in [-0.25, -0.2) is 0 Å². The highest BCUT2D eigenvalue weighted by Crippen LogP contribution is 2.20. The SMILES string of the molecule is O=c1c2c(Cl)cccc2ccn1-c1cc(CO)[nH]n1. The average Bonchev–Trinajstić information content (AvgIpc) is 2.88. The van der Waals surface area contributed by atoms with E-state index in [0.717, 1.165) is 5.39 Å². The number of benzene rings is 1. The normalized spacial score (nSPS) is 11.1. The van der Waals surface area contributed by atoms with Gasteiger partial charge in [0.25, 0.3) is 5.56 Å². The van der Waals surface area contributed by atoms with Gasteiger partial charge in [0.1, 0.15) is 0 Å². The second-order valence-corrected chi connectivity index (χ2v) is 4.51. The minimum Gasteiger partial charge on any atom is -0.390 e. The second-order valence-electron chi connectivity index (χ2n) is 4.10. The Bertz CT molecular complexity index is 807. The number of halogens is 1. The van der Waals surface area contributed by atoms with Crippen molar-refractivity contribution in [2.24, 2.45) is 0 Å². The van der Waals surface area contributed by atoms with Gasteiger partial charge in [-0.1, -0.05) is 23.7 Å². The molecule has 0 fully saturated rings. The Balaban J connectivity index is 2.28. The minimum atomic E-state index is -0.237. The third-order valence-electron chi connectivity index (χ3n) is 2.92. The van der Waals surface area contributed by atoms with E-state index in [-0.39, 0.29) is 12.2 Å². The zero-order valence-corrected chi connectivity index (χ0v) is 10.6. The van der Waals surface area contributed by atoms with Crippen LogP contribution in [0.15, 0.2) is 41.3 Å². The molecule has 0 atom stereocenters. The van der Waals surface area contributed by atoms with E-state index in [4.69, 9.17) is 16.7 Å². The summed E-state index contributed by atoms with van der Waals surface area (Å²) in [7, 11) is 0. The molecule has 0 saturated heterocycles. The molecule has 2 aromatic heterocycles. The van der Waals surface area contributed by atoms with Crippen molar-refractivity contribution >= 4 is 22.4 Å². The van der Waals surface area contributed by atoms with Crippen LogP contribution in [0.1, 0.15) is 5.69 Å². The Hall–Kier alpha value is -2.11. The van der Waals surface area contributed by atoms with E-state index in [0.29, 0.717) is 21.9 Å². The first kappa shape index (κ1) is 12.0. The number of rotatable bonds is 2. The molecule has 2 N–H and O–H groups in total. The zero-order chi connectivity index (χ0) is 13.4. The summed E-state index contributed by atoms with van der Waals surface area (Å²) in [6, 6.07) is 8.73. The largest absolute Gasteiger partial charge is 0.390 e. The van der Waals surface area contributed by atoms with Crippen molar-refractivity contribution in [2.45, 2.75) is 6.61 Å². The molecule has 0 spiro atoms. The van der Waals surface area contributed by atoms with Gasteiger partial charge in [0.05, 0.1) is 22.7 Å². The maximum Gasteiger partial charge on any atom is 0.265 e. The molecule has 0 bridgehead atoms. The highest BCUT2D eigenvalue weighted by Gasteiger charge is 2.09. The van der Waals surface area contributed by atoms with E-state index in [1.54, 1.807) is 30.5 Å². The van der Waals surface area contributed by atoms with Crippen LogP contribution < -0.4 is 5.56 Å². The van der Waals surface area contributed by atoms with Crippen molar-refractivity contribution in [3.05, 3.63) is 57.6 Å². The van der Waals surface area contributed by atoms with Gasteiger partial charge < -0.3 is 5.11 Å². The number of H-pyrrole nitrogens is 1. The van der Waals surface area contributed by atoms with Crippen LogP contribution in [0.5, 0.6) is 0 Å². The molecule has 0 radical (unpaired) electrons. The highest BCUT2D eigenvalue weighted by molar-refractivity contribution is 6.35. The Morgan fingerprint density at radius 1 is 1.37 bits per heavy atom. The standard InChI is InChI=1S/C13H10ClN3O2/c14-10-3-1-2-8-4-5-17(13(19)12(8)10)11-6-9(7-18)15-16-11/h1-6,18H,7H2,(H,15,16). The van der Waals surface area contributed by atoms with Gasteiger partial charge in [-0.2, -0.15) is 5.10 Å². The maximum atomic E-state index is 12.4. The van der Waals surface area contributed by atoms with E-state index in [9.17, 15) is 4.79 Å². The number of pyridine rings is 1. The van der Waals surface area contributed by atoms with Crippen molar-refractivity contribution in [1.82, 2.24) is 14.8 Å². The van der Waals surface area contributed by atoms with Gasteiger partial charge in [0.2, 0.25) is 0 Å². The first-order chi connectivity index (χ1) is 9.20. The van der Waals surface area contributed by atoms with Crippen LogP contribution in [0.4, 0.5) is 0 Å². The van der Waals surface area contributed by atoms with Crippen LogP contribution in [0, 0.1) is 0 Å². The molecule has 0 aliphatic carbocycles. The van der Waals surface area contributed by atoms with Crippen molar-refractivity contribution < 1.29 is 5.11 Å². The lowest BCUT2D eigenvalue weighted by molar-refractivity contribution is 0.276. The predicted octanol–water partition coefficient (Wildman–Crippen LogP) is 1.86. The fourth-order valence-corrected chi connectivity index (χ4v) is 2.25. The Kier molecular flexibility index (Phi) is 2.85. The van der Waals surface area contributed by atoms with E-state index in [2.05, 4.69) is 10.2 Å². The second kappa shape index (κ2) is 4.53. The van der Waals surface area contributed by atoms with Crippen LogP contribution in [0.2, 0.25) is 5.02 Å². The van der Waals surface area contributed by atoms with E-state index in [1.165, 1.54) is 4.57 Å². The molecule has 0 amide bonds. The monoisotopic (exact) mass is 275 g/mol. The fraction of sp³-hybridized carbons (Fsp3) is 0.0769. The molecule has 0 unspecified atom stereocenters. The minimum absolute atomic E-state index is 0.157. The molecular weight excluding hydrogens is 266 g/mol. The van der Waals surface area contributed by atoms with E-state index in [1.807, 2.05) is 6.07 Å². The van der Waals surface area contributed by atoms with Gasteiger partial charge in [-0.15, -0.1) is 0 Å². The number of aromatic amines is 1. The topological polar surface area (TPSA) is 70.9 Å². The number of hydrogen-bond acceptors (Lipinski definition) is 3. The quantitative estimate of drug-likeness (QED) is 0.750. The average molecular weight is 276 g/mol. The Morgan fingerprint density at radius 3 is 2.95 bits per heavy atom. The van der Waals surface area contributed by atoms with Crippen molar-refractivity contribution in [3.8, 4) is 5.82 Å². The summed E-state index contributed by atoms with van der Waals surface area (Å²) in [5, 5.41) is 17.3.